The van der Waals surface area contributed by atoms with Crippen LogP contribution in [0.4, 0.5) is 8.78 Å². The molecule has 0 aliphatic carbocycles. The molecule has 0 heterocycles. The number of methoxy groups -OCH3 is 1. The number of ketones is 1. The molecule has 0 aliphatic heterocycles. The summed E-state index contributed by atoms with van der Waals surface area (Å²) in [6, 6.07) is 0.942. The summed E-state index contributed by atoms with van der Waals surface area (Å²) in [5.41, 5.74) is -0.284. The number of hydrogen-bond acceptors (Lipinski definition) is 2. The van der Waals surface area contributed by atoms with Crippen LogP contribution in [0.1, 0.15) is 17.3 Å². The van der Waals surface area contributed by atoms with E-state index in [9.17, 15) is 13.6 Å². The molecule has 0 saturated heterocycles. The second-order valence-corrected chi connectivity index (χ2v) is 3.03. The molecule has 76 valence electrons. The Morgan fingerprint density at radius 1 is 1.43 bits per heavy atom. The lowest BCUT2D eigenvalue weighted by Crippen LogP contribution is -2.02. The molecule has 0 fully saturated rings. The molecule has 0 bridgehead atoms. The van der Waals surface area contributed by atoms with Crippen molar-refractivity contribution < 1.29 is 18.3 Å². The quantitative estimate of drug-likeness (QED) is 0.566. The van der Waals surface area contributed by atoms with Crippen LogP contribution in [-0.4, -0.2) is 12.9 Å². The first kappa shape index (κ1) is 10.9. The van der Waals surface area contributed by atoms with Crippen molar-refractivity contribution in [2.45, 2.75) is 6.92 Å². The topological polar surface area (TPSA) is 26.3 Å². The molecule has 2 nitrogen and oxygen atoms in total. The van der Waals surface area contributed by atoms with E-state index >= 15 is 0 Å². The van der Waals surface area contributed by atoms with E-state index in [-0.39, 0.29) is 10.6 Å². The third-order valence-corrected chi connectivity index (χ3v) is 1.97. The number of benzene rings is 1. The van der Waals surface area contributed by atoms with Gasteiger partial charge in [0.25, 0.3) is 0 Å². The zero-order valence-corrected chi connectivity index (χ0v) is 8.28. The molecule has 0 unspecified atom stereocenters. The maximum atomic E-state index is 13.3. The summed E-state index contributed by atoms with van der Waals surface area (Å²) in [6.07, 6.45) is 0. The van der Waals surface area contributed by atoms with Crippen LogP contribution in [0.5, 0.6) is 5.75 Å². The minimum absolute atomic E-state index is 0.284. The maximum absolute atomic E-state index is 13.3. The van der Waals surface area contributed by atoms with Crippen molar-refractivity contribution in [1.29, 1.82) is 0 Å². The van der Waals surface area contributed by atoms with Crippen molar-refractivity contribution in [3.05, 3.63) is 28.3 Å². The monoisotopic (exact) mass is 220 g/mol. The van der Waals surface area contributed by atoms with E-state index in [1.807, 2.05) is 0 Å². The molecule has 0 atom stereocenters. The van der Waals surface area contributed by atoms with Gasteiger partial charge in [0.2, 0.25) is 0 Å². The van der Waals surface area contributed by atoms with Crippen molar-refractivity contribution in [2.75, 3.05) is 7.11 Å². The highest BCUT2D eigenvalue weighted by molar-refractivity contribution is 6.31. The summed E-state index contributed by atoms with van der Waals surface area (Å²) in [6.45, 7) is 1.16. The summed E-state index contributed by atoms with van der Waals surface area (Å²) >= 11 is 5.44. The fraction of sp³-hybridized carbons (Fsp3) is 0.222. The second-order valence-electron chi connectivity index (χ2n) is 2.62. The molecular formula is C9H7ClF2O2. The molecule has 0 N–H and O–H groups in total. The Labute approximate surface area is 84.4 Å². The van der Waals surface area contributed by atoms with Crippen LogP contribution in [-0.2, 0) is 0 Å². The number of carbonyl (C=O) groups excluding carboxylic acids is 1. The van der Waals surface area contributed by atoms with Gasteiger partial charge in [0, 0.05) is 0 Å². The van der Waals surface area contributed by atoms with Crippen LogP contribution in [0.2, 0.25) is 5.02 Å². The third kappa shape index (κ3) is 1.70. The summed E-state index contributed by atoms with van der Waals surface area (Å²) in [4.78, 5) is 10.9. The Morgan fingerprint density at radius 3 is 2.43 bits per heavy atom. The van der Waals surface area contributed by atoms with E-state index in [0.717, 1.165) is 20.1 Å². The summed E-state index contributed by atoms with van der Waals surface area (Å²) < 4.78 is 30.9. The molecule has 1 rings (SSSR count). The first-order valence-electron chi connectivity index (χ1n) is 3.71. The smallest absolute Gasteiger partial charge is 0.192 e. The fourth-order valence-electron chi connectivity index (χ4n) is 1.02. The van der Waals surface area contributed by atoms with E-state index in [1.54, 1.807) is 0 Å². The molecular weight excluding hydrogens is 214 g/mol. The molecule has 0 aliphatic rings. The predicted molar refractivity (Wildman–Crippen MR) is 47.9 cm³/mol. The van der Waals surface area contributed by atoms with Gasteiger partial charge < -0.3 is 4.74 Å². The highest BCUT2D eigenvalue weighted by Crippen LogP contribution is 2.30. The Bertz CT molecular complexity index is 391. The lowest BCUT2D eigenvalue weighted by atomic mass is 10.1. The van der Waals surface area contributed by atoms with Crippen LogP contribution in [0.25, 0.3) is 0 Å². The number of hydrogen-bond donors (Lipinski definition) is 0. The standard InChI is InChI=1S/C9H7ClF2O2/c1-4(13)5-3-6(10)8(12)9(14-2)7(5)11/h3H,1-2H3. The van der Waals surface area contributed by atoms with Gasteiger partial charge in [-0.15, -0.1) is 0 Å². The molecule has 1 aromatic rings. The van der Waals surface area contributed by atoms with Crippen LogP contribution < -0.4 is 4.74 Å². The van der Waals surface area contributed by atoms with Crippen LogP contribution >= 0.6 is 11.6 Å². The maximum Gasteiger partial charge on any atom is 0.192 e. The van der Waals surface area contributed by atoms with Crippen LogP contribution in [0.15, 0.2) is 6.07 Å². The van der Waals surface area contributed by atoms with Crippen molar-refractivity contribution in [3.63, 3.8) is 0 Å². The van der Waals surface area contributed by atoms with E-state index in [2.05, 4.69) is 4.74 Å². The predicted octanol–water partition coefficient (Wildman–Crippen LogP) is 2.83. The Hall–Kier alpha value is -1.16. The van der Waals surface area contributed by atoms with Crippen molar-refractivity contribution in [2.24, 2.45) is 0 Å². The first-order valence-corrected chi connectivity index (χ1v) is 4.09. The Morgan fingerprint density at radius 2 is 2.00 bits per heavy atom. The van der Waals surface area contributed by atoms with Gasteiger partial charge in [0.05, 0.1) is 17.7 Å². The molecule has 14 heavy (non-hydrogen) atoms. The molecule has 0 saturated carbocycles. The zero-order chi connectivity index (χ0) is 10.9. The average molecular weight is 221 g/mol. The number of rotatable bonds is 2. The van der Waals surface area contributed by atoms with Crippen molar-refractivity contribution in [1.82, 2.24) is 0 Å². The van der Waals surface area contributed by atoms with Gasteiger partial charge >= 0.3 is 0 Å². The summed E-state index contributed by atoms with van der Waals surface area (Å²) in [5.74, 6) is -3.20. The normalized spacial score (nSPS) is 10.1. The Kier molecular flexibility index (Phi) is 3.06. The molecule has 1 aromatic carbocycles. The van der Waals surface area contributed by atoms with Gasteiger partial charge in [0.15, 0.2) is 23.2 Å². The molecule has 0 spiro atoms. The molecule has 0 radical (unpaired) electrons. The minimum atomic E-state index is -1.03. The second kappa shape index (κ2) is 3.92. The van der Waals surface area contributed by atoms with Gasteiger partial charge in [-0.05, 0) is 13.0 Å². The number of carbonyl (C=O) groups is 1. The lowest BCUT2D eigenvalue weighted by Gasteiger charge is -2.07. The summed E-state index contributed by atoms with van der Waals surface area (Å²) in [5, 5.41) is -0.339. The van der Waals surface area contributed by atoms with E-state index in [4.69, 9.17) is 11.6 Å². The average Bonchev–Trinajstić information content (AvgIpc) is 2.12. The largest absolute Gasteiger partial charge is 0.491 e. The lowest BCUT2D eigenvalue weighted by molar-refractivity contribution is 0.101. The van der Waals surface area contributed by atoms with E-state index in [0.29, 0.717) is 0 Å². The third-order valence-electron chi connectivity index (χ3n) is 1.70. The number of halogens is 3. The Balaban J connectivity index is 3.50. The summed E-state index contributed by atoms with van der Waals surface area (Å²) in [7, 11) is 1.10. The van der Waals surface area contributed by atoms with Gasteiger partial charge in [-0.3, -0.25) is 4.79 Å². The minimum Gasteiger partial charge on any atom is -0.491 e. The van der Waals surface area contributed by atoms with E-state index in [1.165, 1.54) is 0 Å². The fourth-order valence-corrected chi connectivity index (χ4v) is 1.21. The highest BCUT2D eigenvalue weighted by Gasteiger charge is 2.20. The van der Waals surface area contributed by atoms with Crippen LogP contribution in [0.3, 0.4) is 0 Å². The molecule has 0 aromatic heterocycles. The van der Waals surface area contributed by atoms with Crippen molar-refractivity contribution in [3.8, 4) is 5.75 Å². The van der Waals surface area contributed by atoms with Gasteiger partial charge in [-0.2, -0.15) is 0 Å². The highest BCUT2D eigenvalue weighted by atomic mass is 35.5. The number of Topliss-reactive ketones (excluding diaryl/α,β-unsaturated/α-hetero) is 1. The molecule has 5 heteroatoms. The van der Waals surface area contributed by atoms with E-state index < -0.39 is 23.2 Å². The SMILES string of the molecule is COc1c(F)c(Cl)cc(C(C)=O)c1F. The van der Waals surface area contributed by atoms with Gasteiger partial charge in [-0.25, -0.2) is 8.78 Å². The van der Waals surface area contributed by atoms with Crippen molar-refractivity contribution >= 4 is 17.4 Å². The zero-order valence-electron chi connectivity index (χ0n) is 7.53. The van der Waals surface area contributed by atoms with Crippen LogP contribution in [0, 0.1) is 11.6 Å². The molecule has 0 amide bonds. The first-order chi connectivity index (χ1) is 6.49. The number of ether oxygens (including phenoxy) is 1. The van der Waals surface area contributed by atoms with Gasteiger partial charge in [-0.1, -0.05) is 11.6 Å². The van der Waals surface area contributed by atoms with Gasteiger partial charge in [0.1, 0.15) is 0 Å².